The van der Waals surface area contributed by atoms with Gasteiger partial charge in [-0.05, 0) is 61.5 Å². The predicted molar refractivity (Wildman–Crippen MR) is 129 cm³/mol. The van der Waals surface area contributed by atoms with Gasteiger partial charge in [0.15, 0.2) is 9.84 Å². The van der Waals surface area contributed by atoms with Crippen molar-refractivity contribution in [2.45, 2.75) is 22.5 Å². The number of hydrogen-bond donors (Lipinski definition) is 0. The van der Waals surface area contributed by atoms with E-state index < -0.39 is 27.6 Å². The van der Waals surface area contributed by atoms with Gasteiger partial charge in [-0.25, -0.2) is 18.4 Å². The topological polar surface area (TPSA) is 110 Å². The molecule has 0 bridgehead atoms. The number of thioether (sulfide) groups is 1. The van der Waals surface area contributed by atoms with Gasteiger partial charge < -0.3 is 0 Å². The smallest absolute Gasteiger partial charge is 0.272 e. The minimum Gasteiger partial charge on any atom is -0.272 e. The Bertz CT molecular complexity index is 1350. The van der Waals surface area contributed by atoms with Crippen molar-refractivity contribution < 1.29 is 18.0 Å². The fraction of sp³-hybridized carbons (Fsp3) is 0.174. The highest BCUT2D eigenvalue weighted by Gasteiger charge is 2.37. The van der Waals surface area contributed by atoms with E-state index in [1.54, 1.807) is 49.4 Å². The third-order valence-corrected chi connectivity index (χ3v) is 8.08. The fourth-order valence-corrected chi connectivity index (χ4v) is 5.64. The van der Waals surface area contributed by atoms with E-state index in [0.717, 1.165) is 9.90 Å². The maximum absolute atomic E-state index is 12.8. The van der Waals surface area contributed by atoms with Gasteiger partial charge in [0.2, 0.25) is 0 Å². The summed E-state index contributed by atoms with van der Waals surface area (Å²) in [6.07, 6.45) is 2.99. The lowest BCUT2D eigenvalue weighted by Gasteiger charge is -2.13. The number of carbonyl (C=O) groups is 2. The Balaban J connectivity index is 1.39. The molecule has 1 aromatic heterocycles. The van der Waals surface area contributed by atoms with Crippen LogP contribution in [0.1, 0.15) is 23.1 Å². The highest BCUT2D eigenvalue weighted by Crippen LogP contribution is 2.28. The largest absolute Gasteiger partial charge is 0.281 e. The molecule has 34 heavy (non-hydrogen) atoms. The lowest BCUT2D eigenvalue weighted by Crippen LogP contribution is -2.33. The van der Waals surface area contributed by atoms with Crippen molar-refractivity contribution >= 4 is 50.7 Å². The van der Waals surface area contributed by atoms with Gasteiger partial charge in [-0.15, -0.1) is 11.8 Å². The van der Waals surface area contributed by atoms with Crippen molar-refractivity contribution in [2.24, 2.45) is 11.0 Å². The van der Waals surface area contributed by atoms with Gasteiger partial charge in [-0.3, -0.25) is 9.59 Å². The summed E-state index contributed by atoms with van der Waals surface area (Å²) < 4.78 is 25.2. The van der Waals surface area contributed by atoms with Crippen LogP contribution in [0.4, 0.5) is 0 Å². The number of benzene rings is 2. The van der Waals surface area contributed by atoms with Gasteiger partial charge >= 0.3 is 0 Å². The summed E-state index contributed by atoms with van der Waals surface area (Å²) >= 11 is 7.24. The van der Waals surface area contributed by atoms with E-state index >= 15 is 0 Å². The van der Waals surface area contributed by atoms with Crippen LogP contribution in [-0.2, 0) is 20.4 Å². The Hall–Kier alpha value is -3.08. The molecule has 0 N–H and O–H groups in total. The van der Waals surface area contributed by atoms with E-state index in [2.05, 4.69) is 15.1 Å². The maximum atomic E-state index is 12.8. The average molecular weight is 515 g/mol. The third kappa shape index (κ3) is 5.35. The summed E-state index contributed by atoms with van der Waals surface area (Å²) in [7, 11) is -3.58. The van der Waals surface area contributed by atoms with Crippen LogP contribution >= 0.6 is 23.4 Å². The van der Waals surface area contributed by atoms with Crippen molar-refractivity contribution in [3.8, 4) is 0 Å². The first kappa shape index (κ1) is 24.1. The van der Waals surface area contributed by atoms with Gasteiger partial charge in [-0.2, -0.15) is 10.1 Å². The number of hydrazone groups is 1. The molecular formula is C23H19ClN4O4S2. The molecule has 2 heterocycles. The second kappa shape index (κ2) is 10.0. The normalized spacial score (nSPS) is 15.9. The van der Waals surface area contributed by atoms with Crippen LogP contribution in [-0.4, -0.2) is 46.7 Å². The number of nitrogens with zero attached hydrogens (tertiary/aromatic N) is 4. The van der Waals surface area contributed by atoms with Crippen LogP contribution in [0.5, 0.6) is 0 Å². The van der Waals surface area contributed by atoms with Gasteiger partial charge in [0.1, 0.15) is 11.6 Å². The zero-order valence-corrected chi connectivity index (χ0v) is 20.3. The molecule has 0 fully saturated rings. The molecule has 4 rings (SSSR count). The Kier molecular flexibility index (Phi) is 7.11. The third-order valence-electron chi connectivity index (χ3n) is 5.09. The number of amides is 2. The van der Waals surface area contributed by atoms with Crippen molar-refractivity contribution in [1.82, 2.24) is 15.0 Å². The molecule has 0 aliphatic carbocycles. The molecule has 2 amide bonds. The second-order valence-corrected chi connectivity index (χ2v) is 11.0. The zero-order chi connectivity index (χ0) is 24.3. The summed E-state index contributed by atoms with van der Waals surface area (Å²) in [5.74, 6) is -1.16. The fourth-order valence-electron chi connectivity index (χ4n) is 3.24. The summed E-state index contributed by atoms with van der Waals surface area (Å²) in [4.78, 5) is 34.4. The molecule has 8 nitrogen and oxygen atoms in total. The number of rotatable bonds is 7. The number of carbonyl (C=O) groups excluding carboxylic acids is 2. The van der Waals surface area contributed by atoms with E-state index in [1.807, 2.05) is 0 Å². The van der Waals surface area contributed by atoms with Crippen LogP contribution in [0.2, 0.25) is 5.02 Å². The second-order valence-electron chi connectivity index (χ2n) is 7.46. The molecule has 0 saturated heterocycles. The van der Waals surface area contributed by atoms with Crippen LogP contribution in [0.15, 0.2) is 81.9 Å². The van der Waals surface area contributed by atoms with E-state index in [0.29, 0.717) is 22.1 Å². The molecule has 0 saturated carbocycles. The lowest BCUT2D eigenvalue weighted by atomic mass is 10.1. The minimum absolute atomic E-state index is 0.165. The highest BCUT2D eigenvalue weighted by atomic mass is 35.5. The van der Waals surface area contributed by atoms with Gasteiger partial charge in [-0.1, -0.05) is 11.6 Å². The number of sulfone groups is 1. The molecule has 1 atom stereocenters. The van der Waals surface area contributed by atoms with Crippen LogP contribution < -0.4 is 0 Å². The zero-order valence-electron chi connectivity index (χ0n) is 18.0. The lowest BCUT2D eigenvalue weighted by molar-refractivity contribution is -0.128. The molecule has 1 aliphatic rings. The number of aromatic nitrogens is 2. The predicted octanol–water partition coefficient (Wildman–Crippen LogP) is 3.87. The first-order chi connectivity index (χ1) is 16.2. The first-order valence-corrected chi connectivity index (χ1v) is 13.2. The first-order valence-electron chi connectivity index (χ1n) is 10.1. The number of imide groups is 1. The van der Waals surface area contributed by atoms with Crippen molar-refractivity contribution in [3.05, 3.63) is 83.4 Å². The molecular weight excluding hydrogens is 496 g/mol. The van der Waals surface area contributed by atoms with E-state index in [9.17, 15) is 18.0 Å². The molecule has 2 aromatic carbocycles. The quantitative estimate of drug-likeness (QED) is 0.347. The molecule has 1 unspecified atom stereocenters. The Morgan fingerprint density at radius 2 is 1.71 bits per heavy atom. The van der Waals surface area contributed by atoms with Crippen LogP contribution in [0.3, 0.4) is 0 Å². The van der Waals surface area contributed by atoms with Crippen molar-refractivity contribution in [2.75, 3.05) is 5.75 Å². The van der Waals surface area contributed by atoms with E-state index in [-0.39, 0.29) is 16.5 Å². The molecule has 1 aliphatic heterocycles. The highest BCUT2D eigenvalue weighted by molar-refractivity contribution is 7.99. The Morgan fingerprint density at radius 1 is 1.06 bits per heavy atom. The summed E-state index contributed by atoms with van der Waals surface area (Å²) in [6.45, 7) is 1.71. The Morgan fingerprint density at radius 3 is 2.35 bits per heavy atom. The van der Waals surface area contributed by atoms with Gasteiger partial charge in [0.05, 0.1) is 10.8 Å². The summed E-state index contributed by atoms with van der Waals surface area (Å²) in [5, 5.41) is 5.55. The van der Waals surface area contributed by atoms with Crippen molar-refractivity contribution in [3.63, 3.8) is 0 Å². The SMILES string of the molecule is CC1=NN(C(=O)c2ccc(Cl)cc2)C(=O)C1CSc1ccc(S(=O)(=O)Cc2ncccn2)cc1. The van der Waals surface area contributed by atoms with Crippen LogP contribution in [0.25, 0.3) is 0 Å². The Labute approximate surface area is 206 Å². The van der Waals surface area contributed by atoms with E-state index in [4.69, 9.17) is 11.6 Å². The molecule has 11 heteroatoms. The summed E-state index contributed by atoms with van der Waals surface area (Å²) in [5.41, 5.74) is 0.863. The molecule has 0 spiro atoms. The average Bonchev–Trinajstić information content (AvgIpc) is 3.11. The molecule has 0 radical (unpaired) electrons. The molecule has 174 valence electrons. The number of hydrogen-bond acceptors (Lipinski definition) is 8. The van der Waals surface area contributed by atoms with Crippen molar-refractivity contribution in [1.29, 1.82) is 0 Å². The van der Waals surface area contributed by atoms with Gasteiger partial charge in [0.25, 0.3) is 11.8 Å². The maximum Gasteiger partial charge on any atom is 0.281 e. The van der Waals surface area contributed by atoms with Crippen LogP contribution in [0, 0.1) is 5.92 Å². The standard InChI is InChI=1S/C23H19ClN4O4S2/c1-15-20(23(30)28(27-15)22(29)16-3-5-17(24)6-4-16)13-33-18-7-9-19(10-8-18)34(31,32)14-21-25-11-2-12-26-21/h2-12,20H,13-14H2,1H3. The number of halogens is 1. The van der Waals surface area contributed by atoms with E-state index in [1.165, 1.54) is 36.3 Å². The van der Waals surface area contributed by atoms with Gasteiger partial charge in [0, 0.05) is 39.3 Å². The summed E-state index contributed by atoms with van der Waals surface area (Å²) in [6, 6.07) is 14.3. The monoisotopic (exact) mass is 514 g/mol. The minimum atomic E-state index is -3.58. The molecule has 3 aromatic rings.